The SMILES string of the molecule is C=Cc1ccc2cc(-c3ccc4cc(I)ccc4c3)ccc2c1C=C. The average molecular weight is 432 g/mol. The Balaban J connectivity index is 1.88. The Morgan fingerprint density at radius 3 is 2.04 bits per heavy atom. The lowest BCUT2D eigenvalue weighted by molar-refractivity contribution is 1.64. The molecule has 0 N–H and O–H groups in total. The van der Waals surface area contributed by atoms with Crippen LogP contribution in [0.3, 0.4) is 0 Å². The number of hydrogen-bond acceptors (Lipinski definition) is 0. The Morgan fingerprint density at radius 1 is 0.640 bits per heavy atom. The molecule has 4 rings (SSSR count). The van der Waals surface area contributed by atoms with Crippen LogP contribution < -0.4 is 0 Å². The molecule has 4 aromatic carbocycles. The second-order valence-corrected chi connectivity index (χ2v) is 7.36. The normalized spacial score (nSPS) is 10.9. The summed E-state index contributed by atoms with van der Waals surface area (Å²) in [6, 6.07) is 24.1. The van der Waals surface area contributed by atoms with E-state index in [1.807, 2.05) is 12.2 Å². The van der Waals surface area contributed by atoms with Crippen LogP contribution >= 0.6 is 22.6 Å². The van der Waals surface area contributed by atoms with Crippen molar-refractivity contribution in [3.8, 4) is 11.1 Å². The van der Waals surface area contributed by atoms with E-state index in [2.05, 4.69) is 102 Å². The summed E-state index contributed by atoms with van der Waals surface area (Å²) < 4.78 is 1.26. The number of rotatable bonds is 3. The predicted octanol–water partition coefficient (Wildman–Crippen LogP) is 7.55. The van der Waals surface area contributed by atoms with Gasteiger partial charge in [-0.2, -0.15) is 0 Å². The van der Waals surface area contributed by atoms with E-state index in [1.165, 1.54) is 36.2 Å². The van der Waals surface area contributed by atoms with Crippen molar-refractivity contribution in [3.63, 3.8) is 0 Å². The summed E-state index contributed by atoms with van der Waals surface area (Å²) in [4.78, 5) is 0. The number of halogens is 1. The molecule has 0 heterocycles. The third-order valence-corrected chi connectivity index (χ3v) is 5.33. The molecule has 0 amide bonds. The van der Waals surface area contributed by atoms with Gasteiger partial charge in [-0.1, -0.05) is 67.8 Å². The molecule has 4 aromatic rings. The summed E-state index contributed by atoms with van der Waals surface area (Å²) in [5.41, 5.74) is 4.74. The zero-order chi connectivity index (χ0) is 17.4. The molecule has 0 unspecified atom stereocenters. The van der Waals surface area contributed by atoms with Gasteiger partial charge >= 0.3 is 0 Å². The number of hydrogen-bond donors (Lipinski definition) is 0. The first-order valence-corrected chi connectivity index (χ1v) is 9.29. The molecular weight excluding hydrogens is 415 g/mol. The molecular formula is C24H17I. The van der Waals surface area contributed by atoms with Gasteiger partial charge in [0.2, 0.25) is 0 Å². The van der Waals surface area contributed by atoms with Crippen molar-refractivity contribution in [2.75, 3.05) is 0 Å². The highest BCUT2D eigenvalue weighted by Gasteiger charge is 2.06. The minimum Gasteiger partial charge on any atom is -0.0984 e. The third kappa shape index (κ3) is 2.89. The highest BCUT2D eigenvalue weighted by molar-refractivity contribution is 14.1. The molecule has 0 aromatic heterocycles. The minimum atomic E-state index is 1.12. The first-order valence-electron chi connectivity index (χ1n) is 8.21. The van der Waals surface area contributed by atoms with E-state index in [-0.39, 0.29) is 0 Å². The maximum Gasteiger partial charge on any atom is 0.0136 e. The van der Waals surface area contributed by atoms with E-state index in [0.717, 1.165) is 11.1 Å². The fourth-order valence-corrected chi connectivity index (χ4v) is 3.87. The molecule has 0 saturated heterocycles. The van der Waals surface area contributed by atoms with Crippen LogP contribution in [-0.2, 0) is 0 Å². The summed E-state index contributed by atoms with van der Waals surface area (Å²) >= 11 is 2.35. The first-order chi connectivity index (χ1) is 12.2. The van der Waals surface area contributed by atoms with Crippen LogP contribution in [-0.4, -0.2) is 0 Å². The third-order valence-electron chi connectivity index (χ3n) is 4.65. The number of fused-ring (bicyclic) bond motifs is 2. The van der Waals surface area contributed by atoms with Crippen molar-refractivity contribution in [1.29, 1.82) is 0 Å². The Bertz CT molecular complexity index is 1140. The van der Waals surface area contributed by atoms with Crippen LogP contribution in [0.1, 0.15) is 11.1 Å². The van der Waals surface area contributed by atoms with Crippen LogP contribution in [0.4, 0.5) is 0 Å². The van der Waals surface area contributed by atoms with E-state index in [1.54, 1.807) is 0 Å². The topological polar surface area (TPSA) is 0 Å². The largest absolute Gasteiger partial charge is 0.0984 e. The molecule has 120 valence electrons. The molecule has 1 heteroatoms. The van der Waals surface area contributed by atoms with Crippen LogP contribution in [0.2, 0.25) is 0 Å². The van der Waals surface area contributed by atoms with E-state index >= 15 is 0 Å². The average Bonchev–Trinajstić information content (AvgIpc) is 2.66. The van der Waals surface area contributed by atoms with Crippen LogP contribution in [0, 0.1) is 3.57 Å². The van der Waals surface area contributed by atoms with E-state index < -0.39 is 0 Å². The summed E-state index contributed by atoms with van der Waals surface area (Å²) in [5.74, 6) is 0. The first kappa shape index (κ1) is 16.1. The molecule has 0 spiro atoms. The standard InChI is InChI=1S/C24H17I/c1-3-16-5-8-21-14-19(10-12-24(21)23(16)4-2)17-6-7-20-15-22(25)11-9-18(20)13-17/h3-15H,1-2H2. The van der Waals surface area contributed by atoms with Crippen molar-refractivity contribution in [2.45, 2.75) is 0 Å². The Morgan fingerprint density at radius 2 is 1.28 bits per heavy atom. The monoisotopic (exact) mass is 432 g/mol. The predicted molar refractivity (Wildman–Crippen MR) is 120 cm³/mol. The fourth-order valence-electron chi connectivity index (χ4n) is 3.35. The molecule has 0 aliphatic heterocycles. The fraction of sp³-hybridized carbons (Fsp3) is 0. The Labute approximate surface area is 161 Å². The summed E-state index contributed by atoms with van der Waals surface area (Å²) in [6.07, 6.45) is 3.80. The van der Waals surface area contributed by atoms with Gasteiger partial charge in [0.25, 0.3) is 0 Å². The van der Waals surface area contributed by atoms with Gasteiger partial charge in [0, 0.05) is 3.57 Å². The van der Waals surface area contributed by atoms with Gasteiger partial charge in [0.1, 0.15) is 0 Å². The molecule has 0 nitrogen and oxygen atoms in total. The van der Waals surface area contributed by atoms with Gasteiger partial charge in [0.15, 0.2) is 0 Å². The lowest BCUT2D eigenvalue weighted by Crippen LogP contribution is -1.86. The molecule has 25 heavy (non-hydrogen) atoms. The summed E-state index contributed by atoms with van der Waals surface area (Å²) in [7, 11) is 0. The van der Waals surface area contributed by atoms with Crippen LogP contribution in [0.15, 0.2) is 79.9 Å². The second-order valence-electron chi connectivity index (χ2n) is 6.12. The Hall–Kier alpha value is -2.39. The van der Waals surface area contributed by atoms with Gasteiger partial charge in [0.05, 0.1) is 0 Å². The lowest BCUT2D eigenvalue weighted by Gasteiger charge is -2.10. The Kier molecular flexibility index (Phi) is 4.18. The van der Waals surface area contributed by atoms with Crippen molar-refractivity contribution < 1.29 is 0 Å². The highest BCUT2D eigenvalue weighted by atomic mass is 127. The minimum absolute atomic E-state index is 1.12. The zero-order valence-corrected chi connectivity index (χ0v) is 16.0. The van der Waals surface area contributed by atoms with E-state index in [9.17, 15) is 0 Å². The molecule has 0 bridgehead atoms. The van der Waals surface area contributed by atoms with Crippen LogP contribution in [0.5, 0.6) is 0 Å². The molecule has 0 aliphatic rings. The van der Waals surface area contributed by atoms with Gasteiger partial charge in [-0.05, 0) is 90.7 Å². The maximum absolute atomic E-state index is 3.96. The maximum atomic E-state index is 3.96. The van der Waals surface area contributed by atoms with Crippen molar-refractivity contribution in [1.82, 2.24) is 0 Å². The molecule has 0 saturated carbocycles. The van der Waals surface area contributed by atoms with Crippen LogP contribution in [0.25, 0.3) is 44.8 Å². The number of benzene rings is 4. The van der Waals surface area contributed by atoms with E-state index in [0.29, 0.717) is 0 Å². The van der Waals surface area contributed by atoms with Crippen molar-refractivity contribution in [2.24, 2.45) is 0 Å². The second kappa shape index (κ2) is 6.49. The van der Waals surface area contributed by atoms with Gasteiger partial charge in [-0.15, -0.1) is 0 Å². The van der Waals surface area contributed by atoms with Gasteiger partial charge < -0.3 is 0 Å². The summed E-state index contributed by atoms with van der Waals surface area (Å²) in [5, 5.41) is 4.99. The summed E-state index contributed by atoms with van der Waals surface area (Å²) in [6.45, 7) is 7.86. The quantitative estimate of drug-likeness (QED) is 0.293. The lowest BCUT2D eigenvalue weighted by atomic mass is 9.94. The molecule has 0 fully saturated rings. The van der Waals surface area contributed by atoms with Crippen molar-refractivity contribution in [3.05, 3.63) is 94.6 Å². The molecule has 0 radical (unpaired) electrons. The van der Waals surface area contributed by atoms with E-state index in [4.69, 9.17) is 0 Å². The molecule has 0 aliphatic carbocycles. The van der Waals surface area contributed by atoms with Gasteiger partial charge in [-0.25, -0.2) is 0 Å². The van der Waals surface area contributed by atoms with Gasteiger partial charge in [-0.3, -0.25) is 0 Å². The highest BCUT2D eigenvalue weighted by Crippen LogP contribution is 2.31. The molecule has 0 atom stereocenters. The van der Waals surface area contributed by atoms with Crippen molar-refractivity contribution >= 4 is 56.3 Å². The smallest absolute Gasteiger partial charge is 0.0136 e. The zero-order valence-electron chi connectivity index (χ0n) is 13.8.